The van der Waals surface area contributed by atoms with Gasteiger partial charge in [-0.15, -0.1) is 0 Å². The van der Waals surface area contributed by atoms with E-state index in [0.29, 0.717) is 18.2 Å². The van der Waals surface area contributed by atoms with Crippen LogP contribution in [0.3, 0.4) is 0 Å². The van der Waals surface area contributed by atoms with Crippen LogP contribution in [0, 0.1) is 18.3 Å². The summed E-state index contributed by atoms with van der Waals surface area (Å²) in [6.07, 6.45) is 2.21. The maximum absolute atomic E-state index is 9.47. The third-order valence-electron chi connectivity index (χ3n) is 5.45. The molecule has 1 saturated heterocycles. The number of likely N-dealkylation sites (N-methyl/N-ethyl adjacent to an activating group) is 1. The van der Waals surface area contributed by atoms with Crippen LogP contribution in [0.2, 0.25) is 0 Å². The van der Waals surface area contributed by atoms with Crippen molar-refractivity contribution in [2.75, 3.05) is 40.3 Å². The summed E-state index contributed by atoms with van der Waals surface area (Å²) in [5.41, 5.74) is 3.92. The van der Waals surface area contributed by atoms with Crippen molar-refractivity contribution in [2.45, 2.75) is 25.8 Å². The molecule has 1 fully saturated rings. The first-order valence-corrected chi connectivity index (χ1v) is 9.71. The van der Waals surface area contributed by atoms with Crippen LogP contribution in [0.5, 0.6) is 5.75 Å². The van der Waals surface area contributed by atoms with Crippen LogP contribution in [0.25, 0.3) is 11.1 Å². The van der Waals surface area contributed by atoms with Crippen molar-refractivity contribution in [3.05, 3.63) is 53.6 Å². The molecule has 142 valence electrons. The Bertz CT molecular complexity index is 795. The van der Waals surface area contributed by atoms with Crippen LogP contribution >= 0.6 is 0 Å². The van der Waals surface area contributed by atoms with Gasteiger partial charge in [0.15, 0.2) is 0 Å². The van der Waals surface area contributed by atoms with Gasteiger partial charge in [-0.05, 0) is 57.6 Å². The first-order valence-electron chi connectivity index (χ1n) is 9.71. The minimum absolute atomic E-state index is 0.612. The number of hydrogen-bond donors (Lipinski definition) is 0. The molecule has 0 aliphatic carbocycles. The summed E-state index contributed by atoms with van der Waals surface area (Å²) in [6, 6.07) is 17.1. The van der Waals surface area contributed by atoms with Crippen LogP contribution < -0.4 is 4.74 Å². The standard InChI is InChI=1S/C23H29N3O/c1-18-22(19-8-5-4-6-9-19)11-10-20(16-24)23(18)27-15-7-13-26-14-12-21(17-26)25(2)3/h4-6,8-11,21H,7,12-15,17H2,1-3H3/t21-/m1/s1. The molecule has 0 aromatic heterocycles. The summed E-state index contributed by atoms with van der Waals surface area (Å²) in [7, 11) is 4.31. The quantitative estimate of drug-likeness (QED) is 0.699. The van der Waals surface area contributed by atoms with Gasteiger partial charge in [0.25, 0.3) is 0 Å². The van der Waals surface area contributed by atoms with Gasteiger partial charge in [-0.3, -0.25) is 0 Å². The van der Waals surface area contributed by atoms with Gasteiger partial charge in [0.2, 0.25) is 0 Å². The average Bonchev–Trinajstić information content (AvgIpc) is 3.16. The van der Waals surface area contributed by atoms with Gasteiger partial charge in [-0.1, -0.05) is 36.4 Å². The number of nitriles is 1. The second kappa shape index (κ2) is 9.03. The molecular formula is C23H29N3O. The van der Waals surface area contributed by atoms with Crippen molar-refractivity contribution in [1.82, 2.24) is 9.80 Å². The van der Waals surface area contributed by atoms with Crippen molar-refractivity contribution >= 4 is 0 Å². The molecule has 1 aliphatic rings. The summed E-state index contributed by atoms with van der Waals surface area (Å²) in [5.74, 6) is 0.728. The molecule has 1 atom stereocenters. The fourth-order valence-corrected chi connectivity index (χ4v) is 3.80. The van der Waals surface area contributed by atoms with Crippen molar-refractivity contribution < 1.29 is 4.74 Å². The molecule has 2 aromatic carbocycles. The zero-order valence-electron chi connectivity index (χ0n) is 16.6. The number of likely N-dealkylation sites (tertiary alicyclic amines) is 1. The molecule has 1 aliphatic heterocycles. The Labute approximate surface area is 163 Å². The van der Waals surface area contributed by atoms with E-state index >= 15 is 0 Å². The van der Waals surface area contributed by atoms with Gasteiger partial charge in [0.05, 0.1) is 12.2 Å². The largest absolute Gasteiger partial charge is 0.492 e. The van der Waals surface area contributed by atoms with Gasteiger partial charge < -0.3 is 14.5 Å². The molecule has 2 aromatic rings. The first-order chi connectivity index (χ1) is 13.1. The fraction of sp³-hybridized carbons (Fsp3) is 0.435. The van der Waals surface area contributed by atoms with E-state index in [0.717, 1.165) is 48.5 Å². The summed E-state index contributed by atoms with van der Waals surface area (Å²) < 4.78 is 6.10. The first kappa shape index (κ1) is 19.4. The second-order valence-electron chi connectivity index (χ2n) is 7.50. The zero-order valence-corrected chi connectivity index (χ0v) is 16.6. The lowest BCUT2D eigenvalue weighted by molar-refractivity contribution is 0.241. The number of benzene rings is 2. The molecule has 3 rings (SSSR count). The minimum atomic E-state index is 0.612. The highest BCUT2D eigenvalue weighted by Gasteiger charge is 2.23. The van der Waals surface area contributed by atoms with E-state index in [1.165, 1.54) is 6.42 Å². The number of ether oxygens (including phenoxy) is 1. The summed E-state index contributed by atoms with van der Waals surface area (Å²) in [4.78, 5) is 4.82. The average molecular weight is 364 g/mol. The Morgan fingerprint density at radius 2 is 1.96 bits per heavy atom. The van der Waals surface area contributed by atoms with Crippen LogP contribution in [0.4, 0.5) is 0 Å². The van der Waals surface area contributed by atoms with Crippen molar-refractivity contribution in [3.8, 4) is 22.9 Å². The smallest absolute Gasteiger partial charge is 0.140 e. The monoisotopic (exact) mass is 363 g/mol. The lowest BCUT2D eigenvalue weighted by Crippen LogP contribution is -2.32. The molecular weight excluding hydrogens is 334 g/mol. The van der Waals surface area contributed by atoms with Gasteiger partial charge in [-0.2, -0.15) is 5.26 Å². The summed E-state index contributed by atoms with van der Waals surface area (Å²) in [5, 5.41) is 9.47. The third kappa shape index (κ3) is 4.68. The Morgan fingerprint density at radius 1 is 1.19 bits per heavy atom. The van der Waals surface area contributed by atoms with Gasteiger partial charge in [-0.25, -0.2) is 0 Å². The predicted octanol–water partition coefficient (Wildman–Crippen LogP) is 3.94. The summed E-state index contributed by atoms with van der Waals surface area (Å²) >= 11 is 0. The Hall–Kier alpha value is -2.35. The maximum Gasteiger partial charge on any atom is 0.140 e. The van der Waals surface area contributed by atoms with E-state index in [4.69, 9.17) is 4.74 Å². The lowest BCUT2D eigenvalue weighted by atomic mass is 9.97. The SMILES string of the molecule is Cc1c(-c2ccccc2)ccc(C#N)c1OCCCN1CC[C@@H](N(C)C)C1. The Kier molecular flexibility index (Phi) is 6.49. The molecule has 4 heteroatoms. The van der Waals surface area contributed by atoms with Crippen LogP contribution in [0.1, 0.15) is 24.0 Å². The Balaban J connectivity index is 1.62. The molecule has 1 heterocycles. The van der Waals surface area contributed by atoms with Crippen molar-refractivity contribution in [1.29, 1.82) is 5.26 Å². The predicted molar refractivity (Wildman–Crippen MR) is 110 cm³/mol. The molecule has 0 N–H and O–H groups in total. The third-order valence-corrected chi connectivity index (χ3v) is 5.45. The van der Waals surface area contributed by atoms with Gasteiger partial charge in [0, 0.05) is 24.7 Å². The molecule has 4 nitrogen and oxygen atoms in total. The van der Waals surface area contributed by atoms with E-state index in [1.54, 1.807) is 0 Å². The van der Waals surface area contributed by atoms with Crippen molar-refractivity contribution in [3.63, 3.8) is 0 Å². The van der Waals surface area contributed by atoms with Gasteiger partial charge in [0.1, 0.15) is 11.8 Å². The molecule has 27 heavy (non-hydrogen) atoms. The molecule has 0 saturated carbocycles. The highest BCUT2D eigenvalue weighted by Crippen LogP contribution is 2.33. The lowest BCUT2D eigenvalue weighted by Gasteiger charge is -2.20. The second-order valence-corrected chi connectivity index (χ2v) is 7.50. The minimum Gasteiger partial charge on any atom is -0.492 e. The van der Waals surface area contributed by atoms with Gasteiger partial charge >= 0.3 is 0 Å². The van der Waals surface area contributed by atoms with E-state index in [9.17, 15) is 5.26 Å². The highest BCUT2D eigenvalue weighted by atomic mass is 16.5. The van der Waals surface area contributed by atoms with Crippen LogP contribution in [-0.2, 0) is 0 Å². The molecule has 0 unspecified atom stereocenters. The molecule has 0 radical (unpaired) electrons. The van der Waals surface area contributed by atoms with E-state index in [2.05, 4.69) is 42.1 Å². The van der Waals surface area contributed by atoms with E-state index in [1.807, 2.05) is 37.3 Å². The van der Waals surface area contributed by atoms with Crippen LogP contribution in [0.15, 0.2) is 42.5 Å². The highest BCUT2D eigenvalue weighted by molar-refractivity contribution is 5.72. The number of hydrogen-bond acceptors (Lipinski definition) is 4. The summed E-state index contributed by atoms with van der Waals surface area (Å²) in [6.45, 7) is 6.02. The molecule has 0 bridgehead atoms. The normalized spacial score (nSPS) is 17.2. The topological polar surface area (TPSA) is 39.5 Å². The van der Waals surface area contributed by atoms with E-state index < -0.39 is 0 Å². The fourth-order valence-electron chi connectivity index (χ4n) is 3.80. The molecule has 0 spiro atoms. The van der Waals surface area contributed by atoms with Crippen molar-refractivity contribution in [2.24, 2.45) is 0 Å². The number of rotatable bonds is 7. The number of nitrogens with zero attached hydrogens (tertiary/aromatic N) is 3. The zero-order chi connectivity index (χ0) is 19.2. The molecule has 0 amide bonds. The maximum atomic E-state index is 9.47. The van der Waals surface area contributed by atoms with E-state index in [-0.39, 0.29) is 0 Å². The Morgan fingerprint density at radius 3 is 2.63 bits per heavy atom. The van der Waals surface area contributed by atoms with Crippen LogP contribution in [-0.4, -0.2) is 56.2 Å².